The smallest absolute Gasteiger partial charge is 0.255 e. The molecule has 0 aliphatic rings. The van der Waals surface area contributed by atoms with E-state index in [0.29, 0.717) is 35.2 Å². The first kappa shape index (κ1) is 20.1. The molecule has 2 aromatic carbocycles. The van der Waals surface area contributed by atoms with Crippen LogP contribution in [0, 0.1) is 0 Å². The molecule has 0 aliphatic carbocycles. The largest absolute Gasteiger partial charge is 0.497 e. The van der Waals surface area contributed by atoms with Gasteiger partial charge in [0.05, 0.1) is 12.7 Å². The number of carbonyl (C=O) groups is 1. The Bertz CT molecular complexity index is 969. The van der Waals surface area contributed by atoms with Gasteiger partial charge in [-0.3, -0.25) is 4.79 Å². The SMILES string of the molecule is C=CCOc1cc(OC)ccc1C(=O)NC(C)c1nc(Cc2ccccc2)no1. The zero-order valence-corrected chi connectivity index (χ0v) is 16.4. The second kappa shape index (κ2) is 9.54. The van der Waals surface area contributed by atoms with E-state index in [9.17, 15) is 4.79 Å². The molecule has 150 valence electrons. The molecule has 0 bridgehead atoms. The summed E-state index contributed by atoms with van der Waals surface area (Å²) in [4.78, 5) is 17.2. The van der Waals surface area contributed by atoms with Crippen molar-refractivity contribution in [1.29, 1.82) is 0 Å². The molecule has 1 amide bonds. The zero-order chi connectivity index (χ0) is 20.6. The number of nitrogens with one attached hydrogen (secondary N) is 1. The van der Waals surface area contributed by atoms with Crippen molar-refractivity contribution < 1.29 is 18.8 Å². The van der Waals surface area contributed by atoms with E-state index in [-0.39, 0.29) is 12.5 Å². The Morgan fingerprint density at radius 3 is 2.79 bits per heavy atom. The van der Waals surface area contributed by atoms with E-state index < -0.39 is 6.04 Å². The van der Waals surface area contributed by atoms with Gasteiger partial charge >= 0.3 is 0 Å². The van der Waals surface area contributed by atoms with E-state index in [2.05, 4.69) is 22.0 Å². The highest BCUT2D eigenvalue weighted by Crippen LogP contribution is 2.25. The molecule has 0 saturated heterocycles. The van der Waals surface area contributed by atoms with Crippen LogP contribution in [0.3, 0.4) is 0 Å². The summed E-state index contributed by atoms with van der Waals surface area (Å²) >= 11 is 0. The van der Waals surface area contributed by atoms with Crippen molar-refractivity contribution in [1.82, 2.24) is 15.5 Å². The summed E-state index contributed by atoms with van der Waals surface area (Å²) < 4.78 is 16.1. The molecular formula is C22H23N3O4. The normalized spacial score (nSPS) is 11.5. The van der Waals surface area contributed by atoms with Crippen LogP contribution in [0.15, 0.2) is 65.7 Å². The molecule has 7 heteroatoms. The van der Waals surface area contributed by atoms with E-state index in [0.717, 1.165) is 5.56 Å². The second-order valence-corrected chi connectivity index (χ2v) is 6.37. The molecule has 0 aliphatic heterocycles. The molecule has 0 fully saturated rings. The fraction of sp³-hybridized carbons (Fsp3) is 0.227. The number of amides is 1. The molecule has 1 heterocycles. The summed E-state index contributed by atoms with van der Waals surface area (Å²) in [5.74, 6) is 1.58. The number of benzene rings is 2. The maximum absolute atomic E-state index is 12.8. The monoisotopic (exact) mass is 393 g/mol. The van der Waals surface area contributed by atoms with E-state index in [4.69, 9.17) is 14.0 Å². The first-order valence-corrected chi connectivity index (χ1v) is 9.19. The molecule has 1 aromatic heterocycles. The van der Waals surface area contributed by atoms with Crippen molar-refractivity contribution in [3.05, 3.63) is 84.0 Å². The van der Waals surface area contributed by atoms with Crippen LogP contribution in [0.1, 0.15) is 40.6 Å². The Balaban J connectivity index is 1.70. The summed E-state index contributed by atoms with van der Waals surface area (Å²) in [5.41, 5.74) is 1.46. The van der Waals surface area contributed by atoms with Crippen molar-refractivity contribution in [2.45, 2.75) is 19.4 Å². The number of hydrogen-bond acceptors (Lipinski definition) is 6. The lowest BCUT2D eigenvalue weighted by Gasteiger charge is -2.14. The summed E-state index contributed by atoms with van der Waals surface area (Å²) in [5, 5.41) is 6.87. The van der Waals surface area contributed by atoms with Crippen LogP contribution in [-0.4, -0.2) is 29.8 Å². The number of methoxy groups -OCH3 is 1. The Labute approximate surface area is 169 Å². The van der Waals surface area contributed by atoms with Gasteiger partial charge in [-0.2, -0.15) is 4.98 Å². The molecule has 0 spiro atoms. The van der Waals surface area contributed by atoms with Crippen LogP contribution in [0.25, 0.3) is 0 Å². The molecule has 1 unspecified atom stereocenters. The Hall–Kier alpha value is -3.61. The first-order chi connectivity index (χ1) is 14.1. The minimum atomic E-state index is -0.464. The number of ether oxygens (including phenoxy) is 2. The Kier molecular flexibility index (Phi) is 6.63. The van der Waals surface area contributed by atoms with Crippen LogP contribution in [0.4, 0.5) is 0 Å². The van der Waals surface area contributed by atoms with Gasteiger partial charge in [0.2, 0.25) is 5.89 Å². The number of rotatable bonds is 9. The summed E-state index contributed by atoms with van der Waals surface area (Å²) in [6.07, 6.45) is 2.17. The second-order valence-electron chi connectivity index (χ2n) is 6.37. The van der Waals surface area contributed by atoms with Gasteiger partial charge in [0, 0.05) is 12.5 Å². The molecule has 1 N–H and O–H groups in total. The molecule has 0 saturated carbocycles. The van der Waals surface area contributed by atoms with Gasteiger partial charge in [0.15, 0.2) is 5.82 Å². The van der Waals surface area contributed by atoms with E-state index in [1.165, 1.54) is 0 Å². The topological polar surface area (TPSA) is 86.5 Å². The molecule has 1 atom stereocenters. The number of carbonyl (C=O) groups excluding carboxylic acids is 1. The van der Waals surface area contributed by atoms with E-state index in [1.807, 2.05) is 30.3 Å². The van der Waals surface area contributed by atoms with Crippen molar-refractivity contribution in [3.63, 3.8) is 0 Å². The van der Waals surface area contributed by atoms with Gasteiger partial charge in [0.1, 0.15) is 24.1 Å². The Morgan fingerprint density at radius 2 is 2.07 bits per heavy atom. The molecule has 29 heavy (non-hydrogen) atoms. The lowest BCUT2D eigenvalue weighted by molar-refractivity contribution is 0.0929. The summed E-state index contributed by atoms with van der Waals surface area (Å²) in [6, 6.07) is 14.4. The van der Waals surface area contributed by atoms with Gasteiger partial charge in [0.25, 0.3) is 5.91 Å². The standard InChI is InChI=1S/C22H23N3O4/c1-4-12-28-19-14-17(27-3)10-11-18(19)21(26)23-15(2)22-24-20(25-29-22)13-16-8-6-5-7-9-16/h4-11,14-15H,1,12-13H2,2-3H3,(H,23,26). The van der Waals surface area contributed by atoms with Crippen molar-refractivity contribution >= 4 is 5.91 Å². The fourth-order valence-corrected chi connectivity index (χ4v) is 2.72. The molecule has 0 radical (unpaired) electrons. The van der Waals surface area contributed by atoms with Crippen molar-refractivity contribution in [3.8, 4) is 11.5 Å². The highest BCUT2D eigenvalue weighted by molar-refractivity contribution is 5.97. The van der Waals surface area contributed by atoms with Crippen LogP contribution in [0.5, 0.6) is 11.5 Å². The minimum absolute atomic E-state index is 0.273. The average molecular weight is 393 g/mol. The maximum Gasteiger partial charge on any atom is 0.255 e. The van der Waals surface area contributed by atoms with Crippen LogP contribution in [-0.2, 0) is 6.42 Å². The first-order valence-electron chi connectivity index (χ1n) is 9.19. The van der Waals surface area contributed by atoms with Crippen LogP contribution < -0.4 is 14.8 Å². The maximum atomic E-state index is 12.8. The summed E-state index contributed by atoms with van der Waals surface area (Å²) in [7, 11) is 1.55. The number of nitrogens with zero attached hydrogens (tertiary/aromatic N) is 2. The average Bonchev–Trinajstić information content (AvgIpc) is 3.21. The third kappa shape index (κ3) is 5.22. The quantitative estimate of drug-likeness (QED) is 0.558. The van der Waals surface area contributed by atoms with E-state index >= 15 is 0 Å². The van der Waals surface area contributed by atoms with E-state index in [1.54, 1.807) is 38.3 Å². The van der Waals surface area contributed by atoms with Gasteiger partial charge in [-0.1, -0.05) is 48.1 Å². The molecular weight excluding hydrogens is 370 g/mol. The van der Waals surface area contributed by atoms with Gasteiger partial charge in [-0.15, -0.1) is 0 Å². The van der Waals surface area contributed by atoms with Gasteiger partial charge in [-0.05, 0) is 24.6 Å². The predicted octanol–water partition coefficient (Wildman–Crippen LogP) is 3.72. The van der Waals surface area contributed by atoms with Crippen molar-refractivity contribution in [2.75, 3.05) is 13.7 Å². The van der Waals surface area contributed by atoms with Crippen LogP contribution >= 0.6 is 0 Å². The van der Waals surface area contributed by atoms with Gasteiger partial charge in [-0.25, -0.2) is 0 Å². The predicted molar refractivity (Wildman–Crippen MR) is 108 cm³/mol. The number of aromatic nitrogens is 2. The number of hydrogen-bond donors (Lipinski definition) is 1. The zero-order valence-electron chi connectivity index (χ0n) is 16.4. The lowest BCUT2D eigenvalue weighted by Crippen LogP contribution is -2.27. The fourth-order valence-electron chi connectivity index (χ4n) is 2.72. The highest BCUT2D eigenvalue weighted by Gasteiger charge is 2.20. The molecule has 7 nitrogen and oxygen atoms in total. The highest BCUT2D eigenvalue weighted by atomic mass is 16.5. The minimum Gasteiger partial charge on any atom is -0.497 e. The summed E-state index contributed by atoms with van der Waals surface area (Å²) in [6.45, 7) is 5.69. The molecule has 3 aromatic rings. The van der Waals surface area contributed by atoms with Crippen molar-refractivity contribution in [2.24, 2.45) is 0 Å². The Morgan fingerprint density at radius 1 is 1.28 bits per heavy atom. The lowest BCUT2D eigenvalue weighted by atomic mass is 10.1. The third-order valence-electron chi connectivity index (χ3n) is 4.20. The molecule has 3 rings (SSSR count). The van der Waals surface area contributed by atoms with Crippen LogP contribution in [0.2, 0.25) is 0 Å². The van der Waals surface area contributed by atoms with Gasteiger partial charge < -0.3 is 19.3 Å². The third-order valence-corrected chi connectivity index (χ3v) is 4.20.